The molecule has 1 aromatic carbocycles. The van der Waals surface area contributed by atoms with Gasteiger partial charge in [-0.05, 0) is 30.5 Å². The molecule has 2 aromatic heterocycles. The van der Waals surface area contributed by atoms with Crippen LogP contribution in [0.1, 0.15) is 24.3 Å². The first-order valence-corrected chi connectivity index (χ1v) is 8.49. The summed E-state index contributed by atoms with van der Waals surface area (Å²) in [5.41, 5.74) is -0.384. The zero-order valence-corrected chi connectivity index (χ0v) is 13.9. The number of hydrogen-bond acceptors (Lipinski definition) is 4. The van der Waals surface area contributed by atoms with Crippen molar-refractivity contribution in [3.05, 3.63) is 67.5 Å². The van der Waals surface area contributed by atoms with Gasteiger partial charge >= 0.3 is 5.69 Å². The van der Waals surface area contributed by atoms with Crippen molar-refractivity contribution < 1.29 is 4.79 Å². The molecule has 0 spiro atoms. The monoisotopic (exact) mass is 343 g/mol. The second-order valence-electron chi connectivity index (χ2n) is 5.48. The van der Waals surface area contributed by atoms with Gasteiger partial charge in [0.25, 0.3) is 5.56 Å². The predicted octanol–water partition coefficient (Wildman–Crippen LogP) is 2.02. The number of carbonyl (C=O) groups is 1. The molecule has 0 bridgehead atoms. The molecule has 1 unspecified atom stereocenters. The van der Waals surface area contributed by atoms with Crippen LogP contribution in [0.4, 0.5) is 0 Å². The molecule has 24 heavy (non-hydrogen) atoms. The summed E-state index contributed by atoms with van der Waals surface area (Å²) in [4.78, 5) is 39.4. The van der Waals surface area contributed by atoms with Crippen LogP contribution in [0.2, 0.25) is 0 Å². The number of amides is 1. The third-order valence-electron chi connectivity index (χ3n) is 3.82. The summed E-state index contributed by atoms with van der Waals surface area (Å²) in [6.45, 7) is 2.13. The maximum atomic E-state index is 12.1. The predicted molar refractivity (Wildman–Crippen MR) is 94.3 cm³/mol. The van der Waals surface area contributed by atoms with E-state index in [0.29, 0.717) is 10.9 Å². The van der Waals surface area contributed by atoms with Crippen molar-refractivity contribution in [3.63, 3.8) is 0 Å². The van der Waals surface area contributed by atoms with Crippen molar-refractivity contribution >= 4 is 28.1 Å². The Morgan fingerprint density at radius 1 is 1.25 bits per heavy atom. The summed E-state index contributed by atoms with van der Waals surface area (Å²) < 4.78 is 1.42. The lowest BCUT2D eigenvalue weighted by atomic mass is 10.2. The highest BCUT2D eigenvalue weighted by atomic mass is 32.1. The highest BCUT2D eigenvalue weighted by Gasteiger charge is 2.12. The Kier molecular flexibility index (Phi) is 4.61. The van der Waals surface area contributed by atoms with E-state index in [1.54, 1.807) is 35.6 Å². The second-order valence-corrected chi connectivity index (χ2v) is 6.46. The van der Waals surface area contributed by atoms with Gasteiger partial charge in [-0.3, -0.25) is 19.1 Å². The topological polar surface area (TPSA) is 84.0 Å². The van der Waals surface area contributed by atoms with Gasteiger partial charge in [-0.1, -0.05) is 18.2 Å². The second kappa shape index (κ2) is 6.84. The van der Waals surface area contributed by atoms with E-state index >= 15 is 0 Å². The molecule has 3 aromatic rings. The highest BCUT2D eigenvalue weighted by molar-refractivity contribution is 7.10. The number of nitrogens with zero attached hydrogens (tertiary/aromatic N) is 1. The minimum absolute atomic E-state index is 0.0680. The van der Waals surface area contributed by atoms with Crippen LogP contribution >= 0.6 is 11.3 Å². The average Bonchev–Trinajstić information content (AvgIpc) is 3.09. The van der Waals surface area contributed by atoms with Crippen molar-refractivity contribution in [2.75, 3.05) is 0 Å². The van der Waals surface area contributed by atoms with Crippen molar-refractivity contribution in [1.29, 1.82) is 0 Å². The number of para-hydroxylation sites is 1. The van der Waals surface area contributed by atoms with E-state index in [1.807, 2.05) is 24.4 Å². The number of fused-ring (bicyclic) bond motifs is 1. The molecule has 3 rings (SSSR count). The summed E-state index contributed by atoms with van der Waals surface area (Å²) >= 11 is 1.58. The van der Waals surface area contributed by atoms with Gasteiger partial charge in [-0.2, -0.15) is 0 Å². The van der Waals surface area contributed by atoms with Gasteiger partial charge < -0.3 is 5.32 Å². The Hall–Kier alpha value is -2.67. The first kappa shape index (κ1) is 16.2. The highest BCUT2D eigenvalue weighted by Crippen LogP contribution is 2.18. The van der Waals surface area contributed by atoms with Gasteiger partial charge in [0.2, 0.25) is 5.91 Å². The molecule has 124 valence electrons. The molecule has 0 aliphatic heterocycles. The fraction of sp³-hybridized carbons (Fsp3) is 0.235. The van der Waals surface area contributed by atoms with Crippen LogP contribution < -0.4 is 16.6 Å². The number of aromatic nitrogens is 2. The normalized spacial score (nSPS) is 12.2. The van der Waals surface area contributed by atoms with E-state index < -0.39 is 11.2 Å². The van der Waals surface area contributed by atoms with Crippen LogP contribution in [0.25, 0.3) is 10.9 Å². The summed E-state index contributed by atoms with van der Waals surface area (Å²) in [5.74, 6) is -0.141. The van der Waals surface area contributed by atoms with Gasteiger partial charge in [0.15, 0.2) is 0 Å². The molecule has 1 amide bonds. The lowest BCUT2D eigenvalue weighted by molar-refractivity contribution is -0.121. The third kappa shape index (κ3) is 3.30. The van der Waals surface area contributed by atoms with Crippen LogP contribution in [-0.4, -0.2) is 15.5 Å². The van der Waals surface area contributed by atoms with Crippen molar-refractivity contribution in [2.24, 2.45) is 0 Å². The average molecular weight is 343 g/mol. The molecule has 0 fully saturated rings. The Balaban J connectivity index is 1.75. The van der Waals surface area contributed by atoms with Crippen LogP contribution in [0.5, 0.6) is 0 Å². The minimum Gasteiger partial charge on any atom is -0.349 e. The molecular formula is C17H17N3O3S. The third-order valence-corrected chi connectivity index (χ3v) is 4.87. The van der Waals surface area contributed by atoms with E-state index in [4.69, 9.17) is 0 Å². The maximum Gasteiger partial charge on any atom is 0.328 e. The molecule has 0 aliphatic carbocycles. The maximum absolute atomic E-state index is 12.1. The quantitative estimate of drug-likeness (QED) is 0.743. The molecule has 0 aliphatic rings. The number of nitrogens with one attached hydrogen (secondary N) is 2. The summed E-state index contributed by atoms with van der Waals surface area (Å²) in [7, 11) is 0. The summed E-state index contributed by atoms with van der Waals surface area (Å²) in [6.07, 6.45) is 0.158. The van der Waals surface area contributed by atoms with Crippen LogP contribution in [0.3, 0.4) is 0 Å². The van der Waals surface area contributed by atoms with Crippen molar-refractivity contribution in [1.82, 2.24) is 14.9 Å². The standard InChI is InChI=1S/C17H17N3O3S/c1-11(14-7-4-10-24-14)18-15(21)8-9-20-13-6-3-2-5-12(13)16(22)19-17(20)23/h2-7,10-11H,8-9H2,1H3,(H,18,21)(H,19,22,23). The van der Waals surface area contributed by atoms with E-state index in [0.717, 1.165) is 4.88 Å². The largest absolute Gasteiger partial charge is 0.349 e. The zero-order chi connectivity index (χ0) is 17.1. The Morgan fingerprint density at radius 2 is 2.04 bits per heavy atom. The molecule has 0 saturated heterocycles. The number of aromatic amines is 1. The number of rotatable bonds is 5. The molecule has 7 heteroatoms. The van der Waals surface area contributed by atoms with Gasteiger partial charge in [0.05, 0.1) is 16.9 Å². The van der Waals surface area contributed by atoms with Gasteiger partial charge in [-0.25, -0.2) is 4.79 Å². The molecule has 1 atom stereocenters. The van der Waals surface area contributed by atoms with Crippen LogP contribution in [0, 0.1) is 0 Å². The summed E-state index contributed by atoms with van der Waals surface area (Å²) in [5, 5.41) is 5.31. The van der Waals surface area contributed by atoms with Crippen LogP contribution in [0.15, 0.2) is 51.4 Å². The zero-order valence-electron chi connectivity index (χ0n) is 13.1. The first-order chi connectivity index (χ1) is 11.6. The number of benzene rings is 1. The summed E-state index contributed by atoms with van der Waals surface area (Å²) in [6, 6.07) is 10.7. The molecule has 0 saturated carbocycles. The van der Waals surface area contributed by atoms with E-state index in [1.165, 1.54) is 4.57 Å². The molecule has 2 heterocycles. The van der Waals surface area contributed by atoms with E-state index in [9.17, 15) is 14.4 Å². The van der Waals surface area contributed by atoms with E-state index in [-0.39, 0.29) is 24.9 Å². The first-order valence-electron chi connectivity index (χ1n) is 7.61. The van der Waals surface area contributed by atoms with Gasteiger partial charge in [-0.15, -0.1) is 11.3 Å². The smallest absolute Gasteiger partial charge is 0.328 e. The number of carbonyl (C=O) groups excluding carboxylic acids is 1. The molecule has 0 radical (unpaired) electrons. The Labute approximate surface area is 141 Å². The number of hydrogen-bond donors (Lipinski definition) is 2. The van der Waals surface area contributed by atoms with Gasteiger partial charge in [0.1, 0.15) is 0 Å². The van der Waals surface area contributed by atoms with Crippen LogP contribution in [-0.2, 0) is 11.3 Å². The fourth-order valence-electron chi connectivity index (χ4n) is 2.60. The minimum atomic E-state index is -0.502. The number of thiophene rings is 1. The molecule has 2 N–H and O–H groups in total. The van der Waals surface area contributed by atoms with Crippen molar-refractivity contribution in [3.8, 4) is 0 Å². The molecule has 6 nitrogen and oxygen atoms in total. The lowest BCUT2D eigenvalue weighted by Crippen LogP contribution is -2.33. The Bertz CT molecular complexity index is 973. The van der Waals surface area contributed by atoms with E-state index in [2.05, 4.69) is 10.3 Å². The molecular weight excluding hydrogens is 326 g/mol. The Morgan fingerprint density at radius 3 is 2.79 bits per heavy atom. The van der Waals surface area contributed by atoms with Crippen molar-refractivity contribution in [2.45, 2.75) is 25.9 Å². The number of aryl methyl sites for hydroxylation is 1. The fourth-order valence-corrected chi connectivity index (χ4v) is 3.33. The SMILES string of the molecule is CC(NC(=O)CCn1c(=O)[nH]c(=O)c2ccccc21)c1cccs1. The lowest BCUT2D eigenvalue weighted by Gasteiger charge is -2.13. The van der Waals surface area contributed by atoms with Gasteiger partial charge in [0, 0.05) is 17.8 Å². The number of H-pyrrole nitrogens is 1.